The average Bonchev–Trinajstić information content (AvgIpc) is 2.23. The summed E-state index contributed by atoms with van der Waals surface area (Å²) >= 11 is 0. The maximum atomic E-state index is 11.2. The molecule has 1 N–H and O–H groups in total. The minimum atomic E-state index is -4.22. The van der Waals surface area contributed by atoms with Gasteiger partial charge in [0.2, 0.25) is 0 Å². The third-order valence-electron chi connectivity index (χ3n) is 1.57. The Morgan fingerprint density at radius 1 is 1.20 bits per heavy atom. The molecular weight excluding hydrogens is 224 g/mol. The van der Waals surface area contributed by atoms with E-state index in [1.54, 1.807) is 23.7 Å². The molecule has 1 aromatic rings. The Balaban J connectivity index is 2.32. The van der Waals surface area contributed by atoms with Crippen molar-refractivity contribution < 1.29 is 21.8 Å². The van der Waals surface area contributed by atoms with E-state index in [1.165, 1.54) is 12.1 Å². The van der Waals surface area contributed by atoms with E-state index in [2.05, 4.69) is 8.57 Å². The van der Waals surface area contributed by atoms with Crippen LogP contribution in [-0.2, 0) is 19.0 Å². The van der Waals surface area contributed by atoms with Gasteiger partial charge in [-0.1, -0.05) is 18.2 Å². The molecule has 0 spiro atoms. The molecule has 1 aliphatic heterocycles. The smallest absolute Gasteiger partial charge is 0.243 e. The number of carbonyl (C=O) groups is 1. The fraction of sp³-hybridized carbons (Fsp3) is 0. The second kappa shape index (κ2) is 3.50. The third kappa shape index (κ3) is 2.06. The molecule has 1 fully saturated rings. The Hall–Kier alpha value is -1.64. The van der Waals surface area contributed by atoms with Crippen LogP contribution in [0.1, 0.15) is 0 Å². The molecule has 8 heteroatoms. The number of hydrogen-bond donors (Lipinski definition) is 1. The summed E-state index contributed by atoms with van der Waals surface area (Å²) in [5.41, 5.74) is 1.97. The van der Waals surface area contributed by atoms with Gasteiger partial charge in [0.05, 0.1) is 5.69 Å². The van der Waals surface area contributed by atoms with Gasteiger partial charge in [-0.25, -0.2) is 4.79 Å². The molecule has 1 heterocycles. The van der Waals surface area contributed by atoms with Crippen LogP contribution in [0.15, 0.2) is 30.3 Å². The van der Waals surface area contributed by atoms with E-state index in [4.69, 9.17) is 0 Å². The van der Waals surface area contributed by atoms with Crippen molar-refractivity contribution in [2.24, 2.45) is 0 Å². The summed E-state index contributed by atoms with van der Waals surface area (Å²) in [5.74, 6) is 0. The van der Waals surface area contributed by atoms with Crippen molar-refractivity contribution >= 4 is 22.1 Å². The first-order valence-electron chi connectivity index (χ1n) is 3.87. The molecule has 80 valence electrons. The lowest BCUT2D eigenvalue weighted by Crippen LogP contribution is -2.48. The van der Waals surface area contributed by atoms with Gasteiger partial charge >= 0.3 is 16.4 Å². The van der Waals surface area contributed by atoms with Crippen molar-refractivity contribution in [3.05, 3.63) is 30.3 Å². The van der Waals surface area contributed by atoms with Crippen molar-refractivity contribution in [1.29, 1.82) is 0 Å². The number of nitrogens with one attached hydrogen (secondary N) is 1. The van der Waals surface area contributed by atoms with Gasteiger partial charge in [-0.05, 0) is 12.1 Å². The molecule has 0 saturated carbocycles. The molecule has 1 saturated heterocycles. The maximum absolute atomic E-state index is 11.2. The number of nitrogens with zero attached hydrogens (tertiary/aromatic N) is 1. The van der Waals surface area contributed by atoms with Gasteiger partial charge < -0.3 is 0 Å². The second-order valence-corrected chi connectivity index (χ2v) is 3.74. The van der Waals surface area contributed by atoms with Crippen LogP contribution in [0.5, 0.6) is 0 Å². The van der Waals surface area contributed by atoms with E-state index in [0.29, 0.717) is 5.06 Å². The fourth-order valence-corrected chi connectivity index (χ4v) is 1.53. The average molecular weight is 230 g/mol. The number of hydroxylamine groups is 2. The molecule has 15 heavy (non-hydrogen) atoms. The van der Waals surface area contributed by atoms with Gasteiger partial charge in [0.25, 0.3) is 0 Å². The van der Waals surface area contributed by atoms with E-state index in [9.17, 15) is 13.2 Å². The first-order chi connectivity index (χ1) is 7.08. The molecule has 2 amide bonds. The van der Waals surface area contributed by atoms with E-state index >= 15 is 0 Å². The van der Waals surface area contributed by atoms with Crippen molar-refractivity contribution in [2.75, 3.05) is 5.06 Å². The molecule has 0 atom stereocenters. The standard InChI is InChI=1S/C7H6N2O5S/c10-7-8-13-15(11,12)14-9(7)6-4-2-1-3-5-6/h1-5H,(H,8,10). The Morgan fingerprint density at radius 2 is 1.87 bits per heavy atom. The molecule has 0 unspecified atom stereocenters. The minimum Gasteiger partial charge on any atom is -0.243 e. The van der Waals surface area contributed by atoms with Crippen molar-refractivity contribution in [1.82, 2.24) is 5.48 Å². The number of urea groups is 1. The second-order valence-electron chi connectivity index (χ2n) is 2.60. The minimum absolute atomic E-state index is 0.280. The summed E-state index contributed by atoms with van der Waals surface area (Å²) in [4.78, 5) is 11.2. The topological polar surface area (TPSA) is 84.9 Å². The van der Waals surface area contributed by atoms with E-state index in [-0.39, 0.29) is 5.69 Å². The summed E-state index contributed by atoms with van der Waals surface area (Å²) in [6.45, 7) is 0. The predicted molar refractivity (Wildman–Crippen MR) is 48.5 cm³/mol. The van der Waals surface area contributed by atoms with Crippen LogP contribution in [0.2, 0.25) is 0 Å². The Labute approximate surface area is 85.4 Å². The van der Waals surface area contributed by atoms with Gasteiger partial charge in [-0.3, -0.25) is 0 Å². The Morgan fingerprint density at radius 3 is 2.53 bits per heavy atom. The van der Waals surface area contributed by atoms with Crippen LogP contribution < -0.4 is 10.5 Å². The molecule has 1 aliphatic rings. The van der Waals surface area contributed by atoms with Gasteiger partial charge in [0.1, 0.15) is 0 Å². The Bertz CT molecular complexity index is 471. The van der Waals surface area contributed by atoms with Crippen LogP contribution in [0.25, 0.3) is 0 Å². The fourth-order valence-electron chi connectivity index (χ4n) is 0.992. The number of benzene rings is 1. The normalized spacial score (nSPS) is 19.7. The molecule has 2 rings (SSSR count). The van der Waals surface area contributed by atoms with Crippen molar-refractivity contribution in [3.63, 3.8) is 0 Å². The van der Waals surface area contributed by atoms with Crippen LogP contribution in [0, 0.1) is 0 Å². The first kappa shape index (κ1) is 9.90. The predicted octanol–water partition coefficient (Wildman–Crippen LogP) is 0.324. The number of amides is 2. The van der Waals surface area contributed by atoms with E-state index in [0.717, 1.165) is 0 Å². The number of anilines is 1. The molecule has 1 aromatic carbocycles. The van der Waals surface area contributed by atoms with Crippen molar-refractivity contribution in [2.45, 2.75) is 0 Å². The zero-order valence-electron chi connectivity index (χ0n) is 7.28. The monoisotopic (exact) mass is 230 g/mol. The van der Waals surface area contributed by atoms with Crippen LogP contribution >= 0.6 is 0 Å². The lowest BCUT2D eigenvalue weighted by atomic mass is 10.3. The number of rotatable bonds is 1. The maximum Gasteiger partial charge on any atom is 0.442 e. The third-order valence-corrected chi connectivity index (χ3v) is 2.19. The first-order valence-corrected chi connectivity index (χ1v) is 5.20. The van der Waals surface area contributed by atoms with Gasteiger partial charge in [-0.2, -0.15) is 13.9 Å². The highest BCUT2D eigenvalue weighted by Crippen LogP contribution is 2.18. The van der Waals surface area contributed by atoms with Gasteiger partial charge in [0.15, 0.2) is 0 Å². The highest BCUT2D eigenvalue weighted by molar-refractivity contribution is 7.82. The summed E-state index contributed by atoms with van der Waals surface area (Å²) in [6.07, 6.45) is 0. The Kier molecular flexibility index (Phi) is 2.31. The summed E-state index contributed by atoms with van der Waals surface area (Å²) in [5, 5.41) is 0.582. The van der Waals surface area contributed by atoms with Gasteiger partial charge in [-0.15, -0.1) is 13.6 Å². The van der Waals surface area contributed by atoms with Crippen molar-refractivity contribution in [3.8, 4) is 0 Å². The highest BCUT2D eigenvalue weighted by Gasteiger charge is 2.32. The molecule has 7 nitrogen and oxygen atoms in total. The lowest BCUT2D eigenvalue weighted by Gasteiger charge is -2.24. The highest BCUT2D eigenvalue weighted by atomic mass is 32.3. The molecule has 0 aromatic heterocycles. The summed E-state index contributed by atoms with van der Waals surface area (Å²) < 4.78 is 30.0. The zero-order chi connectivity index (χ0) is 10.9. The van der Waals surface area contributed by atoms with E-state index < -0.39 is 16.4 Å². The van der Waals surface area contributed by atoms with Crippen LogP contribution in [0.4, 0.5) is 10.5 Å². The molecular formula is C7H6N2O5S. The van der Waals surface area contributed by atoms with Gasteiger partial charge in [0, 0.05) is 0 Å². The number of carbonyl (C=O) groups excluding carboxylic acids is 1. The van der Waals surface area contributed by atoms with Crippen LogP contribution in [-0.4, -0.2) is 14.4 Å². The number of hydrogen-bond acceptors (Lipinski definition) is 5. The van der Waals surface area contributed by atoms with E-state index in [1.807, 2.05) is 0 Å². The number of para-hydroxylation sites is 1. The summed E-state index contributed by atoms with van der Waals surface area (Å²) in [7, 11) is -4.22. The zero-order valence-corrected chi connectivity index (χ0v) is 8.10. The molecule has 0 aliphatic carbocycles. The molecule has 0 bridgehead atoms. The van der Waals surface area contributed by atoms with Crippen LogP contribution in [0.3, 0.4) is 0 Å². The summed E-state index contributed by atoms with van der Waals surface area (Å²) in [6, 6.07) is 7.19. The quantitative estimate of drug-likeness (QED) is 0.751. The molecule has 0 radical (unpaired) electrons. The largest absolute Gasteiger partial charge is 0.442 e. The SMILES string of the molecule is O=C1NOS(=O)(=O)ON1c1ccccc1. The lowest BCUT2D eigenvalue weighted by molar-refractivity contribution is 0.107.